The number of methoxy groups -OCH3 is 1. The summed E-state index contributed by atoms with van der Waals surface area (Å²) in [5, 5.41) is 15.3. The lowest BCUT2D eigenvalue weighted by atomic mass is 10.1. The molecule has 2 aromatic carbocycles. The van der Waals surface area contributed by atoms with Crippen LogP contribution >= 0.6 is 24.0 Å². The topological polar surface area (TPSA) is 78.7 Å². The molecule has 1 unspecified atom stereocenters. The van der Waals surface area contributed by atoms with E-state index in [2.05, 4.69) is 15.6 Å². The molecular formula is C21H26FIN4O2. The van der Waals surface area contributed by atoms with Crippen LogP contribution in [0.15, 0.2) is 47.5 Å². The van der Waals surface area contributed by atoms with Gasteiger partial charge in [-0.25, -0.2) is 9.38 Å². The molecule has 1 atom stereocenters. The third kappa shape index (κ3) is 8.15. The van der Waals surface area contributed by atoms with E-state index in [4.69, 9.17) is 14.7 Å². The Morgan fingerprint density at radius 2 is 1.97 bits per heavy atom. The van der Waals surface area contributed by atoms with Gasteiger partial charge in [-0.2, -0.15) is 5.26 Å². The van der Waals surface area contributed by atoms with Crippen LogP contribution in [0.1, 0.15) is 25.0 Å². The van der Waals surface area contributed by atoms with Gasteiger partial charge in [0.1, 0.15) is 23.4 Å². The van der Waals surface area contributed by atoms with Crippen LogP contribution in [-0.4, -0.2) is 32.3 Å². The quantitative estimate of drug-likeness (QED) is 0.319. The minimum Gasteiger partial charge on any atom is -0.497 e. The highest BCUT2D eigenvalue weighted by molar-refractivity contribution is 14.0. The maximum atomic E-state index is 13.9. The maximum Gasteiger partial charge on any atom is 0.191 e. The molecule has 156 valence electrons. The van der Waals surface area contributed by atoms with Crippen molar-refractivity contribution in [3.63, 3.8) is 0 Å². The van der Waals surface area contributed by atoms with Gasteiger partial charge in [0.15, 0.2) is 5.96 Å². The molecule has 0 aliphatic heterocycles. The summed E-state index contributed by atoms with van der Waals surface area (Å²) in [6.45, 7) is 5.18. The number of hydrogen-bond acceptors (Lipinski definition) is 4. The first-order chi connectivity index (χ1) is 13.5. The van der Waals surface area contributed by atoms with Crippen LogP contribution in [0.5, 0.6) is 11.5 Å². The van der Waals surface area contributed by atoms with Crippen LogP contribution in [0, 0.1) is 17.1 Å². The predicted molar refractivity (Wildman–Crippen MR) is 122 cm³/mol. The summed E-state index contributed by atoms with van der Waals surface area (Å²) >= 11 is 0. The molecule has 0 aromatic heterocycles. The Morgan fingerprint density at radius 1 is 1.21 bits per heavy atom. The summed E-state index contributed by atoms with van der Waals surface area (Å²) in [7, 11) is 1.61. The Bertz CT molecular complexity index is 855. The van der Waals surface area contributed by atoms with Gasteiger partial charge in [0.05, 0.1) is 31.8 Å². The zero-order chi connectivity index (χ0) is 20.4. The third-order valence-electron chi connectivity index (χ3n) is 3.86. The molecule has 0 spiro atoms. The van der Waals surface area contributed by atoms with Gasteiger partial charge in [-0.3, -0.25) is 0 Å². The number of nitrogens with one attached hydrogen (secondary N) is 2. The first-order valence-corrected chi connectivity index (χ1v) is 9.07. The summed E-state index contributed by atoms with van der Waals surface area (Å²) in [6, 6.07) is 13.7. The van der Waals surface area contributed by atoms with Crippen molar-refractivity contribution in [1.82, 2.24) is 10.6 Å². The van der Waals surface area contributed by atoms with Gasteiger partial charge in [0.25, 0.3) is 0 Å². The molecule has 0 saturated heterocycles. The Kier molecular flexibility index (Phi) is 10.8. The van der Waals surface area contributed by atoms with Crippen molar-refractivity contribution in [1.29, 1.82) is 5.26 Å². The second-order valence-electron chi connectivity index (χ2n) is 6.10. The summed E-state index contributed by atoms with van der Waals surface area (Å²) in [4.78, 5) is 4.40. The summed E-state index contributed by atoms with van der Waals surface area (Å²) in [5.74, 6) is 1.61. The van der Waals surface area contributed by atoms with Crippen LogP contribution in [0.2, 0.25) is 0 Å². The van der Waals surface area contributed by atoms with Crippen molar-refractivity contribution in [3.05, 3.63) is 59.4 Å². The third-order valence-corrected chi connectivity index (χ3v) is 3.86. The lowest BCUT2D eigenvalue weighted by molar-refractivity contribution is 0.223. The summed E-state index contributed by atoms with van der Waals surface area (Å²) in [6.07, 6.45) is -0.130. The number of nitrogens with zero attached hydrogens (tertiary/aromatic N) is 2. The molecule has 8 heteroatoms. The fourth-order valence-corrected chi connectivity index (χ4v) is 2.46. The van der Waals surface area contributed by atoms with Gasteiger partial charge in [-0.1, -0.05) is 6.07 Å². The van der Waals surface area contributed by atoms with E-state index in [1.165, 1.54) is 18.2 Å². The van der Waals surface area contributed by atoms with Crippen LogP contribution in [0.25, 0.3) is 0 Å². The molecule has 0 saturated carbocycles. The number of guanidine groups is 1. The van der Waals surface area contributed by atoms with Gasteiger partial charge in [-0.15, -0.1) is 24.0 Å². The molecule has 29 heavy (non-hydrogen) atoms. The normalized spacial score (nSPS) is 11.6. The number of aliphatic imine (C=N–C) groups is 1. The number of rotatable bonds is 8. The van der Waals surface area contributed by atoms with Crippen molar-refractivity contribution < 1.29 is 13.9 Å². The minimum atomic E-state index is -0.381. The molecule has 0 aliphatic carbocycles. The van der Waals surface area contributed by atoms with Gasteiger partial charge < -0.3 is 20.1 Å². The van der Waals surface area contributed by atoms with Gasteiger partial charge in [0.2, 0.25) is 0 Å². The van der Waals surface area contributed by atoms with Crippen LogP contribution < -0.4 is 20.1 Å². The van der Waals surface area contributed by atoms with Crippen molar-refractivity contribution in [3.8, 4) is 17.6 Å². The molecule has 0 radical (unpaired) electrons. The van der Waals surface area contributed by atoms with E-state index in [0.717, 1.165) is 5.75 Å². The molecule has 2 aromatic rings. The van der Waals surface area contributed by atoms with Crippen LogP contribution in [0.3, 0.4) is 0 Å². The Balaban J connectivity index is 0.00000420. The van der Waals surface area contributed by atoms with E-state index in [0.29, 0.717) is 35.9 Å². The van der Waals surface area contributed by atoms with E-state index >= 15 is 0 Å². The molecule has 0 bridgehead atoms. The van der Waals surface area contributed by atoms with E-state index in [1.807, 2.05) is 44.2 Å². The largest absolute Gasteiger partial charge is 0.497 e. The number of ether oxygens (including phenoxy) is 2. The van der Waals surface area contributed by atoms with Crippen molar-refractivity contribution >= 4 is 29.9 Å². The zero-order valence-corrected chi connectivity index (χ0v) is 19.1. The number of hydrogen-bond donors (Lipinski definition) is 2. The van der Waals surface area contributed by atoms with Crippen LogP contribution in [0.4, 0.5) is 4.39 Å². The molecule has 2 N–H and O–H groups in total. The highest BCUT2D eigenvalue weighted by atomic mass is 127. The monoisotopic (exact) mass is 512 g/mol. The fraction of sp³-hybridized carbons (Fsp3) is 0.333. The Labute approximate surface area is 188 Å². The average Bonchev–Trinajstić information content (AvgIpc) is 2.71. The van der Waals surface area contributed by atoms with Crippen molar-refractivity contribution in [2.45, 2.75) is 26.5 Å². The zero-order valence-electron chi connectivity index (χ0n) is 16.7. The van der Waals surface area contributed by atoms with Crippen molar-refractivity contribution in [2.24, 2.45) is 4.99 Å². The van der Waals surface area contributed by atoms with E-state index in [1.54, 1.807) is 7.11 Å². The van der Waals surface area contributed by atoms with Crippen molar-refractivity contribution in [2.75, 3.05) is 20.2 Å². The van der Waals surface area contributed by atoms with E-state index < -0.39 is 0 Å². The Hall–Kier alpha value is -2.54. The molecule has 0 fully saturated rings. The number of nitriles is 1. The van der Waals surface area contributed by atoms with Gasteiger partial charge >= 0.3 is 0 Å². The van der Waals surface area contributed by atoms with Gasteiger partial charge in [0, 0.05) is 18.2 Å². The number of halogens is 2. The standard InChI is InChI=1S/C21H25FN4O2.HI/c1-4-24-21(26-14-17-10-16(12-23)8-9-20(17)22)25-13-15(2)28-19-7-5-6-18(11-19)27-3;/h5-11,15H,4,13-14H2,1-3H3,(H2,24,25,26);1H. The second kappa shape index (κ2) is 12.8. The molecule has 0 amide bonds. The fourth-order valence-electron chi connectivity index (χ4n) is 2.46. The average molecular weight is 512 g/mol. The van der Waals surface area contributed by atoms with Gasteiger partial charge in [-0.05, 0) is 44.2 Å². The molecule has 2 rings (SSSR count). The van der Waals surface area contributed by atoms with E-state index in [9.17, 15) is 4.39 Å². The molecule has 6 nitrogen and oxygen atoms in total. The predicted octanol–water partition coefficient (Wildman–Crippen LogP) is 3.85. The summed E-state index contributed by atoms with van der Waals surface area (Å²) < 4.78 is 25.0. The first-order valence-electron chi connectivity index (χ1n) is 9.07. The van der Waals surface area contributed by atoms with Crippen LogP contribution in [-0.2, 0) is 6.54 Å². The maximum absolute atomic E-state index is 13.9. The second-order valence-corrected chi connectivity index (χ2v) is 6.10. The minimum absolute atomic E-state index is 0. The summed E-state index contributed by atoms with van der Waals surface area (Å²) in [5.41, 5.74) is 0.779. The SMILES string of the molecule is CCNC(=NCc1cc(C#N)ccc1F)NCC(C)Oc1cccc(OC)c1.I. The number of benzene rings is 2. The molecule has 0 heterocycles. The highest BCUT2D eigenvalue weighted by Gasteiger charge is 2.08. The molecule has 0 aliphatic rings. The smallest absolute Gasteiger partial charge is 0.191 e. The van der Waals surface area contributed by atoms with E-state index in [-0.39, 0.29) is 42.4 Å². The molecular weight excluding hydrogens is 486 g/mol. The first kappa shape index (κ1) is 24.5. The Morgan fingerprint density at radius 3 is 2.66 bits per heavy atom. The lowest BCUT2D eigenvalue weighted by Gasteiger charge is -2.18. The highest BCUT2D eigenvalue weighted by Crippen LogP contribution is 2.19. The lowest BCUT2D eigenvalue weighted by Crippen LogP contribution is -2.41.